The third kappa shape index (κ3) is 2.83. The Balaban J connectivity index is 2.54. The van der Waals surface area contributed by atoms with Crippen LogP contribution in [0.25, 0.3) is 0 Å². The summed E-state index contributed by atoms with van der Waals surface area (Å²) in [6.07, 6.45) is 10.9. The first-order valence-corrected chi connectivity index (χ1v) is 5.46. The molecule has 1 heteroatoms. The Labute approximate surface area is 86.9 Å². The molecule has 0 amide bonds. The van der Waals surface area contributed by atoms with Gasteiger partial charge >= 0.3 is 0 Å². The van der Waals surface area contributed by atoms with Crippen LogP contribution in [0.2, 0.25) is 0 Å². The SMILES string of the molecule is C=CCCC1(CCC=C)CCC(=O)C1. The van der Waals surface area contributed by atoms with Crippen LogP contribution in [0, 0.1) is 5.41 Å². The van der Waals surface area contributed by atoms with Crippen molar-refractivity contribution in [3.8, 4) is 0 Å². The molecule has 1 saturated carbocycles. The third-order valence-corrected chi connectivity index (χ3v) is 3.26. The van der Waals surface area contributed by atoms with Gasteiger partial charge < -0.3 is 0 Å². The molecule has 0 bridgehead atoms. The average Bonchev–Trinajstić information content (AvgIpc) is 2.55. The van der Waals surface area contributed by atoms with Gasteiger partial charge in [-0.1, -0.05) is 12.2 Å². The second-order valence-corrected chi connectivity index (χ2v) is 4.37. The van der Waals surface area contributed by atoms with Crippen molar-refractivity contribution >= 4 is 5.78 Å². The van der Waals surface area contributed by atoms with E-state index in [1.807, 2.05) is 12.2 Å². The molecule has 0 aromatic carbocycles. The fraction of sp³-hybridized carbons (Fsp3) is 0.615. The lowest BCUT2D eigenvalue weighted by molar-refractivity contribution is -0.118. The summed E-state index contributed by atoms with van der Waals surface area (Å²) in [5.41, 5.74) is 0.277. The standard InChI is InChI=1S/C13H20O/c1-3-5-8-13(9-6-4-2)10-7-12(14)11-13/h3-4H,1-2,5-11H2. The van der Waals surface area contributed by atoms with Crippen LogP contribution in [0.3, 0.4) is 0 Å². The Hall–Kier alpha value is -0.850. The molecular formula is C13H20O. The zero-order valence-corrected chi connectivity index (χ0v) is 8.93. The van der Waals surface area contributed by atoms with Gasteiger partial charge in [0.15, 0.2) is 0 Å². The van der Waals surface area contributed by atoms with E-state index in [2.05, 4.69) is 13.2 Å². The summed E-state index contributed by atoms with van der Waals surface area (Å²) >= 11 is 0. The predicted molar refractivity (Wildman–Crippen MR) is 60.2 cm³/mol. The third-order valence-electron chi connectivity index (χ3n) is 3.26. The first kappa shape index (κ1) is 11.2. The highest BCUT2D eigenvalue weighted by molar-refractivity contribution is 5.81. The van der Waals surface area contributed by atoms with E-state index in [0.29, 0.717) is 5.78 Å². The molecule has 0 heterocycles. The van der Waals surface area contributed by atoms with Gasteiger partial charge in [0.25, 0.3) is 0 Å². The van der Waals surface area contributed by atoms with Crippen LogP contribution < -0.4 is 0 Å². The van der Waals surface area contributed by atoms with E-state index >= 15 is 0 Å². The van der Waals surface area contributed by atoms with E-state index in [4.69, 9.17) is 0 Å². The molecule has 0 saturated heterocycles. The molecule has 14 heavy (non-hydrogen) atoms. The van der Waals surface area contributed by atoms with E-state index in [0.717, 1.165) is 44.9 Å². The molecule has 0 aromatic rings. The van der Waals surface area contributed by atoms with Crippen molar-refractivity contribution in [2.45, 2.75) is 44.9 Å². The number of carbonyl (C=O) groups excluding carboxylic acids is 1. The Morgan fingerprint density at radius 1 is 1.21 bits per heavy atom. The van der Waals surface area contributed by atoms with Crippen LogP contribution in [0.5, 0.6) is 0 Å². The largest absolute Gasteiger partial charge is 0.300 e. The van der Waals surface area contributed by atoms with Crippen molar-refractivity contribution in [2.24, 2.45) is 5.41 Å². The van der Waals surface area contributed by atoms with Gasteiger partial charge in [0.2, 0.25) is 0 Å². The quantitative estimate of drug-likeness (QED) is 0.587. The molecule has 1 rings (SSSR count). The van der Waals surface area contributed by atoms with Gasteiger partial charge in [-0.15, -0.1) is 13.2 Å². The van der Waals surface area contributed by atoms with Crippen LogP contribution >= 0.6 is 0 Å². The summed E-state index contributed by atoms with van der Waals surface area (Å²) in [5.74, 6) is 0.443. The van der Waals surface area contributed by atoms with E-state index < -0.39 is 0 Å². The fourth-order valence-electron chi connectivity index (χ4n) is 2.37. The summed E-state index contributed by atoms with van der Waals surface area (Å²) < 4.78 is 0. The Kier molecular flexibility index (Phi) is 4.12. The highest BCUT2D eigenvalue weighted by Crippen LogP contribution is 2.44. The highest BCUT2D eigenvalue weighted by Gasteiger charge is 2.36. The minimum Gasteiger partial charge on any atom is -0.300 e. The second kappa shape index (κ2) is 5.14. The van der Waals surface area contributed by atoms with Crippen LogP contribution in [0.15, 0.2) is 25.3 Å². The lowest BCUT2D eigenvalue weighted by Crippen LogP contribution is -2.16. The molecular weight excluding hydrogens is 172 g/mol. The molecule has 0 spiro atoms. The Morgan fingerprint density at radius 3 is 2.14 bits per heavy atom. The summed E-state index contributed by atoms with van der Waals surface area (Å²) in [7, 11) is 0. The molecule has 78 valence electrons. The van der Waals surface area contributed by atoms with Crippen molar-refractivity contribution in [1.29, 1.82) is 0 Å². The van der Waals surface area contributed by atoms with Gasteiger partial charge in [-0.2, -0.15) is 0 Å². The molecule has 0 aliphatic heterocycles. The van der Waals surface area contributed by atoms with Gasteiger partial charge in [0, 0.05) is 12.8 Å². The van der Waals surface area contributed by atoms with Gasteiger partial charge in [-0.05, 0) is 37.5 Å². The van der Waals surface area contributed by atoms with E-state index in [9.17, 15) is 4.79 Å². The monoisotopic (exact) mass is 192 g/mol. The molecule has 0 N–H and O–H groups in total. The summed E-state index contributed by atoms with van der Waals surface area (Å²) in [4.78, 5) is 11.3. The highest BCUT2D eigenvalue weighted by atomic mass is 16.1. The van der Waals surface area contributed by atoms with E-state index in [-0.39, 0.29) is 5.41 Å². The van der Waals surface area contributed by atoms with Crippen molar-refractivity contribution < 1.29 is 4.79 Å². The molecule has 1 aliphatic carbocycles. The molecule has 1 aliphatic rings. The van der Waals surface area contributed by atoms with Crippen molar-refractivity contribution in [2.75, 3.05) is 0 Å². The normalized spacial score (nSPS) is 19.6. The van der Waals surface area contributed by atoms with Crippen LogP contribution in [-0.2, 0) is 4.79 Å². The maximum Gasteiger partial charge on any atom is 0.133 e. The van der Waals surface area contributed by atoms with Gasteiger partial charge in [-0.25, -0.2) is 0 Å². The van der Waals surface area contributed by atoms with Crippen molar-refractivity contribution in [3.63, 3.8) is 0 Å². The lowest BCUT2D eigenvalue weighted by Gasteiger charge is -2.27. The molecule has 1 fully saturated rings. The first-order chi connectivity index (χ1) is 6.72. The van der Waals surface area contributed by atoms with Gasteiger partial charge in [0.1, 0.15) is 5.78 Å². The number of rotatable bonds is 6. The first-order valence-electron chi connectivity index (χ1n) is 5.46. The Morgan fingerprint density at radius 2 is 1.79 bits per heavy atom. The van der Waals surface area contributed by atoms with Crippen LogP contribution in [0.4, 0.5) is 0 Å². The van der Waals surface area contributed by atoms with Gasteiger partial charge in [0.05, 0.1) is 0 Å². The molecule has 0 unspecified atom stereocenters. The number of hydrogen-bond donors (Lipinski definition) is 0. The molecule has 0 radical (unpaired) electrons. The zero-order chi connectivity index (χ0) is 10.4. The average molecular weight is 192 g/mol. The van der Waals surface area contributed by atoms with Crippen LogP contribution in [-0.4, -0.2) is 5.78 Å². The number of Topliss-reactive ketones (excluding diaryl/α,β-unsaturated/α-hetero) is 1. The summed E-state index contributed by atoms with van der Waals surface area (Å²) in [5, 5.41) is 0. The fourth-order valence-corrected chi connectivity index (χ4v) is 2.37. The maximum atomic E-state index is 11.3. The second-order valence-electron chi connectivity index (χ2n) is 4.37. The maximum absolute atomic E-state index is 11.3. The molecule has 0 atom stereocenters. The number of hydrogen-bond acceptors (Lipinski definition) is 1. The minimum atomic E-state index is 0.277. The van der Waals surface area contributed by atoms with E-state index in [1.165, 1.54) is 0 Å². The Bertz CT molecular complexity index is 215. The van der Waals surface area contributed by atoms with Crippen LogP contribution in [0.1, 0.15) is 44.9 Å². The smallest absolute Gasteiger partial charge is 0.133 e. The topological polar surface area (TPSA) is 17.1 Å². The summed E-state index contributed by atoms with van der Waals surface area (Å²) in [6, 6.07) is 0. The number of allylic oxidation sites excluding steroid dienone is 2. The molecule has 0 aromatic heterocycles. The number of carbonyl (C=O) groups is 1. The number of ketones is 1. The minimum absolute atomic E-state index is 0.277. The molecule has 1 nitrogen and oxygen atoms in total. The lowest BCUT2D eigenvalue weighted by atomic mass is 9.77. The van der Waals surface area contributed by atoms with Crippen molar-refractivity contribution in [3.05, 3.63) is 25.3 Å². The summed E-state index contributed by atoms with van der Waals surface area (Å²) in [6.45, 7) is 7.49. The van der Waals surface area contributed by atoms with E-state index in [1.54, 1.807) is 0 Å². The zero-order valence-electron chi connectivity index (χ0n) is 8.93. The van der Waals surface area contributed by atoms with Gasteiger partial charge in [-0.3, -0.25) is 4.79 Å². The van der Waals surface area contributed by atoms with Crippen molar-refractivity contribution in [1.82, 2.24) is 0 Å². The predicted octanol–water partition coefficient (Wildman–Crippen LogP) is 3.66.